The van der Waals surface area contributed by atoms with Crippen LogP contribution in [-0.4, -0.2) is 10.7 Å². The standard InChI is InChI=1S/C18H22N2OS.ClH/c1-12-5-6-13(19)11-16(12)17(21)20-14-7-9-15(10-8-14)22-18(2,3)4;/h5-11H,19H2,1-4H3,(H,20,21);1H. The van der Waals surface area contributed by atoms with Crippen LogP contribution < -0.4 is 11.1 Å². The minimum absolute atomic E-state index is 0. The van der Waals surface area contributed by atoms with E-state index < -0.39 is 0 Å². The lowest BCUT2D eigenvalue weighted by molar-refractivity contribution is 0.102. The maximum absolute atomic E-state index is 12.3. The molecule has 0 saturated carbocycles. The summed E-state index contributed by atoms with van der Waals surface area (Å²) in [6, 6.07) is 13.3. The first kappa shape index (κ1) is 19.4. The number of thioether (sulfide) groups is 1. The van der Waals surface area contributed by atoms with Crippen molar-refractivity contribution in [2.45, 2.75) is 37.3 Å². The third kappa shape index (κ3) is 5.81. The zero-order valence-electron chi connectivity index (χ0n) is 13.8. The van der Waals surface area contributed by atoms with Crippen molar-refractivity contribution in [2.75, 3.05) is 11.1 Å². The molecule has 3 nitrogen and oxygen atoms in total. The molecule has 23 heavy (non-hydrogen) atoms. The van der Waals surface area contributed by atoms with Gasteiger partial charge in [-0.15, -0.1) is 24.2 Å². The number of hydrogen-bond donors (Lipinski definition) is 2. The first-order valence-corrected chi connectivity index (χ1v) is 8.03. The number of nitrogens with two attached hydrogens (primary N) is 1. The Labute approximate surface area is 148 Å². The van der Waals surface area contributed by atoms with Crippen LogP contribution in [0.3, 0.4) is 0 Å². The maximum Gasteiger partial charge on any atom is 0.256 e. The molecule has 0 saturated heterocycles. The number of nitrogen functional groups attached to an aromatic ring is 1. The van der Waals surface area contributed by atoms with Gasteiger partial charge in [0.2, 0.25) is 0 Å². The van der Waals surface area contributed by atoms with Gasteiger partial charge in [0.05, 0.1) is 0 Å². The van der Waals surface area contributed by atoms with Crippen LogP contribution in [0.4, 0.5) is 11.4 Å². The van der Waals surface area contributed by atoms with Gasteiger partial charge in [0, 0.05) is 26.6 Å². The Morgan fingerprint density at radius 3 is 2.26 bits per heavy atom. The van der Waals surface area contributed by atoms with E-state index in [-0.39, 0.29) is 23.1 Å². The highest BCUT2D eigenvalue weighted by atomic mass is 35.5. The molecule has 0 bridgehead atoms. The van der Waals surface area contributed by atoms with Gasteiger partial charge in [0.1, 0.15) is 0 Å². The SMILES string of the molecule is Cc1ccc(N)cc1C(=O)Nc1ccc(SC(C)(C)C)cc1.Cl. The van der Waals surface area contributed by atoms with Crippen LogP contribution in [0.5, 0.6) is 0 Å². The predicted octanol–water partition coefficient (Wildman–Crippen LogP) is 5.14. The Bertz CT molecular complexity index is 678. The second kappa shape index (κ2) is 7.75. The van der Waals surface area contributed by atoms with E-state index in [1.807, 2.05) is 37.3 Å². The lowest BCUT2D eigenvalue weighted by atomic mass is 10.1. The lowest BCUT2D eigenvalue weighted by Crippen LogP contribution is -2.13. The molecule has 0 heterocycles. The maximum atomic E-state index is 12.3. The predicted molar refractivity (Wildman–Crippen MR) is 103 cm³/mol. The zero-order chi connectivity index (χ0) is 16.3. The topological polar surface area (TPSA) is 55.1 Å². The number of amides is 1. The zero-order valence-corrected chi connectivity index (χ0v) is 15.5. The normalized spacial score (nSPS) is 10.8. The summed E-state index contributed by atoms with van der Waals surface area (Å²) in [6.07, 6.45) is 0. The molecule has 2 rings (SSSR count). The van der Waals surface area contributed by atoms with Crippen LogP contribution in [0.25, 0.3) is 0 Å². The number of aryl methyl sites for hydroxylation is 1. The minimum Gasteiger partial charge on any atom is -0.399 e. The third-order valence-electron chi connectivity index (χ3n) is 3.04. The monoisotopic (exact) mass is 350 g/mol. The second-order valence-corrected chi connectivity index (χ2v) is 8.17. The summed E-state index contributed by atoms with van der Waals surface area (Å²) >= 11 is 1.80. The van der Waals surface area contributed by atoms with Gasteiger partial charge >= 0.3 is 0 Å². The largest absolute Gasteiger partial charge is 0.399 e. The molecule has 0 spiro atoms. The fraction of sp³-hybridized carbons (Fsp3) is 0.278. The number of nitrogens with one attached hydrogen (secondary N) is 1. The molecule has 0 atom stereocenters. The molecular formula is C18H23ClN2OS. The quantitative estimate of drug-likeness (QED) is 0.595. The summed E-state index contributed by atoms with van der Waals surface area (Å²) in [7, 11) is 0. The number of anilines is 2. The van der Waals surface area contributed by atoms with Crippen molar-refractivity contribution in [3.05, 3.63) is 53.6 Å². The van der Waals surface area contributed by atoms with Crippen LogP contribution in [0.2, 0.25) is 0 Å². The van der Waals surface area contributed by atoms with E-state index in [1.54, 1.807) is 23.9 Å². The molecule has 2 aromatic rings. The molecule has 1 amide bonds. The van der Waals surface area contributed by atoms with Gasteiger partial charge in [-0.1, -0.05) is 26.8 Å². The highest BCUT2D eigenvalue weighted by Crippen LogP contribution is 2.32. The molecule has 0 unspecified atom stereocenters. The van der Waals surface area contributed by atoms with Gasteiger partial charge in [-0.3, -0.25) is 4.79 Å². The van der Waals surface area contributed by atoms with Crippen molar-refractivity contribution in [1.29, 1.82) is 0 Å². The van der Waals surface area contributed by atoms with Gasteiger partial charge in [-0.25, -0.2) is 0 Å². The lowest BCUT2D eigenvalue weighted by Gasteiger charge is -2.17. The average Bonchev–Trinajstić information content (AvgIpc) is 2.42. The Morgan fingerprint density at radius 1 is 1.09 bits per heavy atom. The molecule has 2 aromatic carbocycles. The van der Waals surface area contributed by atoms with E-state index in [1.165, 1.54) is 4.90 Å². The van der Waals surface area contributed by atoms with E-state index in [9.17, 15) is 4.79 Å². The summed E-state index contributed by atoms with van der Waals surface area (Å²) < 4.78 is 0.170. The summed E-state index contributed by atoms with van der Waals surface area (Å²) in [6.45, 7) is 8.43. The number of carbonyl (C=O) groups is 1. The number of benzene rings is 2. The van der Waals surface area contributed by atoms with Crippen LogP contribution in [0, 0.1) is 6.92 Å². The molecule has 0 aliphatic heterocycles. The van der Waals surface area contributed by atoms with Gasteiger partial charge in [-0.05, 0) is 48.9 Å². The van der Waals surface area contributed by atoms with E-state index in [2.05, 4.69) is 26.1 Å². The number of halogens is 1. The van der Waals surface area contributed by atoms with Crippen LogP contribution in [0.1, 0.15) is 36.7 Å². The van der Waals surface area contributed by atoms with Crippen molar-refractivity contribution < 1.29 is 4.79 Å². The highest BCUT2D eigenvalue weighted by Gasteiger charge is 2.13. The first-order chi connectivity index (χ1) is 10.2. The van der Waals surface area contributed by atoms with Crippen molar-refractivity contribution in [2.24, 2.45) is 0 Å². The van der Waals surface area contributed by atoms with Crippen molar-refractivity contribution in [3.8, 4) is 0 Å². The molecule has 0 aliphatic rings. The molecule has 3 N–H and O–H groups in total. The van der Waals surface area contributed by atoms with Crippen molar-refractivity contribution >= 4 is 41.5 Å². The summed E-state index contributed by atoms with van der Waals surface area (Å²) in [4.78, 5) is 13.5. The number of hydrogen-bond acceptors (Lipinski definition) is 3. The van der Waals surface area contributed by atoms with Gasteiger partial charge in [0.15, 0.2) is 0 Å². The van der Waals surface area contributed by atoms with E-state index in [0.717, 1.165) is 11.3 Å². The van der Waals surface area contributed by atoms with E-state index >= 15 is 0 Å². The Morgan fingerprint density at radius 2 is 1.70 bits per heavy atom. The smallest absolute Gasteiger partial charge is 0.256 e. The van der Waals surface area contributed by atoms with Crippen LogP contribution in [-0.2, 0) is 0 Å². The fourth-order valence-electron chi connectivity index (χ4n) is 2.04. The highest BCUT2D eigenvalue weighted by molar-refractivity contribution is 8.00. The Kier molecular flexibility index (Phi) is 6.54. The molecule has 0 aromatic heterocycles. The molecule has 0 aliphatic carbocycles. The fourth-order valence-corrected chi connectivity index (χ4v) is 3.02. The van der Waals surface area contributed by atoms with Gasteiger partial charge in [-0.2, -0.15) is 0 Å². The summed E-state index contributed by atoms with van der Waals surface area (Å²) in [5.41, 5.74) is 8.64. The second-order valence-electron chi connectivity index (χ2n) is 6.27. The number of carbonyl (C=O) groups excluding carboxylic acids is 1. The summed E-state index contributed by atoms with van der Waals surface area (Å²) in [5.74, 6) is -0.138. The molecule has 0 fully saturated rings. The summed E-state index contributed by atoms with van der Waals surface area (Å²) in [5, 5.41) is 2.91. The van der Waals surface area contributed by atoms with E-state index in [0.29, 0.717) is 11.3 Å². The van der Waals surface area contributed by atoms with Crippen molar-refractivity contribution in [1.82, 2.24) is 0 Å². The number of rotatable bonds is 3. The average molecular weight is 351 g/mol. The van der Waals surface area contributed by atoms with E-state index in [4.69, 9.17) is 5.73 Å². The molecule has 124 valence electrons. The minimum atomic E-state index is -0.138. The Balaban J connectivity index is 0.00000264. The third-order valence-corrected chi connectivity index (χ3v) is 4.16. The van der Waals surface area contributed by atoms with Crippen LogP contribution >= 0.6 is 24.2 Å². The molecule has 0 radical (unpaired) electrons. The first-order valence-electron chi connectivity index (χ1n) is 7.21. The van der Waals surface area contributed by atoms with Crippen LogP contribution in [0.15, 0.2) is 47.4 Å². The van der Waals surface area contributed by atoms with Crippen molar-refractivity contribution in [3.63, 3.8) is 0 Å². The van der Waals surface area contributed by atoms with Gasteiger partial charge in [0.25, 0.3) is 5.91 Å². The molecule has 5 heteroatoms. The van der Waals surface area contributed by atoms with Gasteiger partial charge < -0.3 is 11.1 Å². The Hall–Kier alpha value is -1.65. The molecular weight excluding hydrogens is 328 g/mol.